The van der Waals surface area contributed by atoms with Crippen LogP contribution in [0.15, 0.2) is 47.4 Å². The normalized spacial score (nSPS) is 13.7. The second kappa shape index (κ2) is 9.95. The van der Waals surface area contributed by atoms with Gasteiger partial charge in [0.05, 0.1) is 33.5 Å². The van der Waals surface area contributed by atoms with Crippen LogP contribution in [0.25, 0.3) is 0 Å². The molecule has 0 radical (unpaired) electrons. The topological polar surface area (TPSA) is 145 Å². The smallest absolute Gasteiger partial charge is 0.395 e. The fourth-order valence-corrected chi connectivity index (χ4v) is 3.77. The molecule has 180 valence electrons. The average Bonchev–Trinajstić information content (AvgIpc) is 2.72. The highest BCUT2D eigenvalue weighted by Gasteiger charge is 2.55. The lowest BCUT2D eigenvalue weighted by molar-refractivity contribution is -0.242. The maximum Gasteiger partial charge on any atom is 0.426 e. The number of amides is 2. The van der Waals surface area contributed by atoms with E-state index in [0.717, 1.165) is 18.2 Å². The standard InChI is InChI=1S/C19H19ClF3N3O6S/c1-18(30,19(21,22)23)17(29)25-15-7-6-11(10-13(15)20)33(31,32)26-14-5-3-2-4-12(14)16(28)24-8-9-27/h2-7,10,26-27,30H,8-9H2,1H3,(H,24,28)(H,25,29)/t18-/m1/s1. The molecular formula is C19H19ClF3N3O6S. The van der Waals surface area contributed by atoms with E-state index in [4.69, 9.17) is 16.7 Å². The summed E-state index contributed by atoms with van der Waals surface area (Å²) in [7, 11) is -4.32. The quantitative estimate of drug-likeness (QED) is 0.368. The third-order valence-electron chi connectivity index (χ3n) is 4.31. The van der Waals surface area contributed by atoms with Crippen LogP contribution in [0.2, 0.25) is 5.02 Å². The lowest BCUT2D eigenvalue weighted by atomic mass is 10.1. The molecule has 2 rings (SSSR count). The molecule has 0 bridgehead atoms. The summed E-state index contributed by atoms with van der Waals surface area (Å²) in [5.74, 6) is -2.45. The molecule has 0 spiro atoms. The lowest BCUT2D eigenvalue weighted by Crippen LogP contribution is -2.52. The van der Waals surface area contributed by atoms with E-state index in [1.54, 1.807) is 5.32 Å². The summed E-state index contributed by atoms with van der Waals surface area (Å²) >= 11 is 5.93. The largest absolute Gasteiger partial charge is 0.426 e. The zero-order chi connectivity index (χ0) is 25.0. The zero-order valence-corrected chi connectivity index (χ0v) is 18.5. The molecule has 1 atom stereocenters. The molecule has 33 heavy (non-hydrogen) atoms. The summed E-state index contributed by atoms with van der Waals surface area (Å²) < 4.78 is 66.1. The van der Waals surface area contributed by atoms with Crippen molar-refractivity contribution in [2.24, 2.45) is 0 Å². The molecule has 0 saturated carbocycles. The van der Waals surface area contributed by atoms with E-state index in [0.29, 0.717) is 0 Å². The van der Waals surface area contributed by atoms with Gasteiger partial charge in [-0.15, -0.1) is 0 Å². The van der Waals surface area contributed by atoms with Crippen molar-refractivity contribution < 1.29 is 41.4 Å². The van der Waals surface area contributed by atoms with Gasteiger partial charge in [0.1, 0.15) is 0 Å². The Morgan fingerprint density at radius 2 is 1.73 bits per heavy atom. The van der Waals surface area contributed by atoms with E-state index in [1.807, 2.05) is 0 Å². The van der Waals surface area contributed by atoms with Gasteiger partial charge in [-0.2, -0.15) is 13.2 Å². The maximum atomic E-state index is 12.8. The summed E-state index contributed by atoms with van der Waals surface area (Å²) in [6.07, 6.45) is -5.26. The summed E-state index contributed by atoms with van der Waals surface area (Å²) in [6.45, 7) is -0.115. The third kappa shape index (κ3) is 6.13. The van der Waals surface area contributed by atoms with Crippen molar-refractivity contribution in [1.82, 2.24) is 5.32 Å². The first-order chi connectivity index (χ1) is 15.2. The van der Waals surface area contributed by atoms with Crippen molar-refractivity contribution in [2.75, 3.05) is 23.2 Å². The zero-order valence-electron chi connectivity index (χ0n) is 16.9. The molecule has 0 unspecified atom stereocenters. The number of nitrogens with one attached hydrogen (secondary N) is 3. The van der Waals surface area contributed by atoms with Gasteiger partial charge >= 0.3 is 6.18 Å². The van der Waals surface area contributed by atoms with Crippen LogP contribution < -0.4 is 15.4 Å². The van der Waals surface area contributed by atoms with Crippen molar-refractivity contribution >= 4 is 44.8 Å². The number of aliphatic hydroxyl groups is 2. The molecule has 5 N–H and O–H groups in total. The minimum atomic E-state index is -5.26. The Morgan fingerprint density at radius 1 is 1.09 bits per heavy atom. The molecular weight excluding hydrogens is 491 g/mol. The molecule has 9 nitrogen and oxygen atoms in total. The van der Waals surface area contributed by atoms with Crippen LogP contribution in [0.4, 0.5) is 24.5 Å². The Hall–Kier alpha value is -2.87. The number of carbonyl (C=O) groups is 2. The van der Waals surface area contributed by atoms with Crippen LogP contribution in [0, 0.1) is 0 Å². The molecule has 14 heteroatoms. The minimum absolute atomic E-state index is 0.0288. The summed E-state index contributed by atoms with van der Waals surface area (Å²) in [6, 6.07) is 8.41. The first-order valence-corrected chi connectivity index (χ1v) is 11.0. The van der Waals surface area contributed by atoms with Crippen LogP contribution in [0.1, 0.15) is 17.3 Å². The predicted molar refractivity (Wildman–Crippen MR) is 113 cm³/mol. The Bertz CT molecular complexity index is 1160. The van der Waals surface area contributed by atoms with Gasteiger partial charge in [0.25, 0.3) is 21.8 Å². The Labute approximate surface area is 191 Å². The number of anilines is 2. The molecule has 0 aliphatic heterocycles. The second-order valence-corrected chi connectivity index (χ2v) is 8.89. The minimum Gasteiger partial charge on any atom is -0.395 e. The predicted octanol–water partition coefficient (Wildman–Crippen LogP) is 2.11. The number of benzene rings is 2. The van der Waals surface area contributed by atoms with Gasteiger partial charge in [-0.3, -0.25) is 14.3 Å². The van der Waals surface area contributed by atoms with Gasteiger partial charge in [-0.05, 0) is 37.3 Å². The average molecular weight is 510 g/mol. The van der Waals surface area contributed by atoms with E-state index in [1.165, 1.54) is 24.3 Å². The number of sulfonamides is 1. The van der Waals surface area contributed by atoms with Crippen LogP contribution in [0.3, 0.4) is 0 Å². The molecule has 0 aliphatic rings. The van der Waals surface area contributed by atoms with E-state index in [9.17, 15) is 36.3 Å². The number of hydrogen-bond donors (Lipinski definition) is 5. The SMILES string of the molecule is C[C@@](O)(C(=O)Nc1ccc(S(=O)(=O)Nc2ccccc2C(=O)NCCO)cc1Cl)C(F)(F)F. The molecule has 0 aliphatic carbocycles. The molecule has 0 fully saturated rings. The van der Waals surface area contributed by atoms with E-state index in [2.05, 4.69) is 10.0 Å². The molecule has 0 aromatic heterocycles. The van der Waals surface area contributed by atoms with Gasteiger partial charge in [0.2, 0.25) is 5.60 Å². The molecule has 2 amide bonds. The number of alkyl halides is 3. The van der Waals surface area contributed by atoms with Crippen molar-refractivity contribution in [3.63, 3.8) is 0 Å². The summed E-state index contributed by atoms with van der Waals surface area (Å²) in [5.41, 5.74) is -4.18. The Kier molecular flexibility index (Phi) is 7.96. The fraction of sp³-hybridized carbons (Fsp3) is 0.263. The van der Waals surface area contributed by atoms with Crippen LogP contribution in [-0.4, -0.2) is 55.4 Å². The van der Waals surface area contributed by atoms with Crippen LogP contribution in [-0.2, 0) is 14.8 Å². The molecule has 2 aromatic carbocycles. The Balaban J connectivity index is 2.28. The first-order valence-electron chi connectivity index (χ1n) is 9.11. The lowest BCUT2D eigenvalue weighted by Gasteiger charge is -2.25. The molecule has 2 aromatic rings. The van der Waals surface area contributed by atoms with E-state index in [-0.39, 0.29) is 37.0 Å². The van der Waals surface area contributed by atoms with Crippen molar-refractivity contribution in [2.45, 2.75) is 23.6 Å². The molecule has 0 saturated heterocycles. The Morgan fingerprint density at radius 3 is 2.30 bits per heavy atom. The van der Waals surface area contributed by atoms with Gasteiger partial charge in [-0.25, -0.2) is 8.42 Å². The highest BCUT2D eigenvalue weighted by atomic mass is 35.5. The summed E-state index contributed by atoms with van der Waals surface area (Å²) in [5, 5.41) is 22.0. The van der Waals surface area contributed by atoms with Crippen LogP contribution in [0.5, 0.6) is 0 Å². The first kappa shape index (κ1) is 26.4. The van der Waals surface area contributed by atoms with E-state index < -0.39 is 43.5 Å². The van der Waals surface area contributed by atoms with Gasteiger partial charge in [-0.1, -0.05) is 23.7 Å². The number of halogens is 4. The van der Waals surface area contributed by atoms with E-state index >= 15 is 0 Å². The second-order valence-electron chi connectivity index (χ2n) is 6.80. The highest BCUT2D eigenvalue weighted by Crippen LogP contribution is 2.33. The number of para-hydroxylation sites is 1. The van der Waals surface area contributed by atoms with Gasteiger partial charge < -0.3 is 20.8 Å². The monoisotopic (exact) mass is 509 g/mol. The van der Waals surface area contributed by atoms with Crippen molar-refractivity contribution in [1.29, 1.82) is 0 Å². The number of hydrogen-bond acceptors (Lipinski definition) is 6. The fourth-order valence-electron chi connectivity index (χ4n) is 2.38. The van der Waals surface area contributed by atoms with Crippen molar-refractivity contribution in [3.05, 3.63) is 53.1 Å². The maximum absolute atomic E-state index is 12.8. The van der Waals surface area contributed by atoms with Gasteiger partial charge in [0.15, 0.2) is 0 Å². The summed E-state index contributed by atoms with van der Waals surface area (Å²) in [4.78, 5) is 23.6. The number of rotatable bonds is 8. The van der Waals surface area contributed by atoms with Crippen LogP contribution >= 0.6 is 11.6 Å². The van der Waals surface area contributed by atoms with Gasteiger partial charge in [0, 0.05) is 6.54 Å². The molecule has 0 heterocycles. The number of carbonyl (C=O) groups excluding carboxylic acids is 2. The van der Waals surface area contributed by atoms with Crippen molar-refractivity contribution in [3.8, 4) is 0 Å². The highest BCUT2D eigenvalue weighted by molar-refractivity contribution is 7.92. The third-order valence-corrected chi connectivity index (χ3v) is 5.98. The number of aliphatic hydroxyl groups excluding tert-OH is 1.